The second-order valence-electron chi connectivity index (χ2n) is 9.55. The van der Waals surface area contributed by atoms with Crippen LogP contribution in [0.5, 0.6) is 5.75 Å². The molecule has 220 valence electrons. The summed E-state index contributed by atoms with van der Waals surface area (Å²) in [5.41, 5.74) is 8.09. The third kappa shape index (κ3) is 7.23. The molecule has 0 aliphatic rings. The van der Waals surface area contributed by atoms with E-state index in [9.17, 15) is 13.6 Å². The van der Waals surface area contributed by atoms with E-state index in [0.29, 0.717) is 61.7 Å². The van der Waals surface area contributed by atoms with Gasteiger partial charge in [0.15, 0.2) is 5.13 Å². The van der Waals surface area contributed by atoms with Crippen LogP contribution in [0.1, 0.15) is 10.4 Å². The van der Waals surface area contributed by atoms with Crippen LogP contribution < -0.4 is 21.1 Å². The molecule has 9 nitrogen and oxygen atoms in total. The molecule has 1 amide bonds. The normalized spacial score (nSPS) is 11.0. The van der Waals surface area contributed by atoms with E-state index in [2.05, 4.69) is 25.6 Å². The highest BCUT2D eigenvalue weighted by molar-refractivity contribution is 7.19. The fraction of sp³-hybridized carbons (Fsp3) is 0.133. The maximum Gasteiger partial charge on any atom is 0.261 e. The van der Waals surface area contributed by atoms with Crippen LogP contribution in [0.2, 0.25) is 5.02 Å². The molecule has 0 radical (unpaired) electrons. The Morgan fingerprint density at radius 3 is 2.53 bits per heavy atom. The number of benzene rings is 3. The minimum absolute atomic E-state index is 0.303. The van der Waals surface area contributed by atoms with Crippen molar-refractivity contribution < 1.29 is 18.3 Å². The molecule has 0 aliphatic carbocycles. The van der Waals surface area contributed by atoms with E-state index >= 15 is 0 Å². The molecule has 0 saturated carbocycles. The molecular weight excluding hydrogens is 596 g/mol. The Labute approximate surface area is 255 Å². The zero-order valence-electron chi connectivity index (χ0n) is 23.1. The molecule has 2 aromatic heterocycles. The van der Waals surface area contributed by atoms with Crippen LogP contribution in [-0.2, 0) is 0 Å². The minimum atomic E-state index is -0.956. The number of hydrogen-bond acceptors (Lipinski definition) is 9. The van der Waals surface area contributed by atoms with Gasteiger partial charge in [-0.15, -0.1) is 0 Å². The predicted octanol–water partition coefficient (Wildman–Crippen LogP) is 6.72. The van der Waals surface area contributed by atoms with Crippen LogP contribution in [0, 0.1) is 11.6 Å². The smallest absolute Gasteiger partial charge is 0.261 e. The van der Waals surface area contributed by atoms with Gasteiger partial charge in [-0.1, -0.05) is 41.1 Å². The van der Waals surface area contributed by atoms with Crippen molar-refractivity contribution >= 4 is 51.3 Å². The molecule has 2 heterocycles. The molecule has 13 heteroatoms. The number of nitrogens with zero attached hydrogens (tertiary/aromatic N) is 4. The summed E-state index contributed by atoms with van der Waals surface area (Å²) in [4.78, 5) is 28.8. The van der Waals surface area contributed by atoms with Gasteiger partial charge in [0.1, 0.15) is 29.6 Å². The third-order valence-corrected chi connectivity index (χ3v) is 7.30. The molecule has 3 aromatic carbocycles. The van der Waals surface area contributed by atoms with Gasteiger partial charge in [-0.05, 0) is 62.6 Å². The number of likely N-dealkylation sites (N-methyl/N-ethyl adjacent to an activating group) is 1. The lowest BCUT2D eigenvalue weighted by molar-refractivity contribution is 0.101. The molecule has 0 spiro atoms. The van der Waals surface area contributed by atoms with Gasteiger partial charge < -0.3 is 26.0 Å². The number of amides is 1. The fourth-order valence-electron chi connectivity index (χ4n) is 4.07. The number of ether oxygens (including phenoxy) is 1. The SMILES string of the molecule is CN(C)CCOc1ccc(Nc2nccc(-c3sc(N)nc3-c3cccc(NC(=O)c4c(F)cccc4F)c3)n2)cc1Cl. The van der Waals surface area contributed by atoms with Gasteiger partial charge in [0, 0.05) is 29.7 Å². The first-order valence-corrected chi connectivity index (χ1v) is 14.2. The van der Waals surface area contributed by atoms with Crippen molar-refractivity contribution in [1.29, 1.82) is 0 Å². The number of halogens is 3. The van der Waals surface area contributed by atoms with Crippen LogP contribution in [-0.4, -0.2) is 53.0 Å². The topological polar surface area (TPSA) is 118 Å². The summed E-state index contributed by atoms with van der Waals surface area (Å²) in [7, 11) is 3.93. The Morgan fingerprint density at radius 2 is 1.79 bits per heavy atom. The van der Waals surface area contributed by atoms with Gasteiger partial charge in [-0.2, -0.15) is 0 Å². The van der Waals surface area contributed by atoms with Gasteiger partial charge in [0.25, 0.3) is 5.91 Å². The van der Waals surface area contributed by atoms with E-state index in [1.165, 1.54) is 17.4 Å². The maximum atomic E-state index is 14.1. The summed E-state index contributed by atoms with van der Waals surface area (Å²) in [6, 6.07) is 17.0. The highest BCUT2D eigenvalue weighted by atomic mass is 35.5. The highest BCUT2D eigenvalue weighted by Gasteiger charge is 2.19. The Hall–Kier alpha value is -4.65. The van der Waals surface area contributed by atoms with Gasteiger partial charge in [-0.25, -0.2) is 23.7 Å². The molecule has 0 atom stereocenters. The number of nitrogen functional groups attached to an aromatic ring is 1. The minimum Gasteiger partial charge on any atom is -0.491 e. The summed E-state index contributed by atoms with van der Waals surface area (Å²) in [5.74, 6) is -1.93. The van der Waals surface area contributed by atoms with Crippen LogP contribution in [0.15, 0.2) is 72.9 Å². The lowest BCUT2D eigenvalue weighted by Crippen LogP contribution is -2.19. The number of aromatic nitrogens is 3. The Bertz CT molecular complexity index is 1760. The van der Waals surface area contributed by atoms with E-state index in [1.807, 2.05) is 25.1 Å². The molecule has 0 fully saturated rings. The molecule has 0 aliphatic heterocycles. The molecule has 5 aromatic rings. The second kappa shape index (κ2) is 13.1. The van der Waals surface area contributed by atoms with Crippen molar-refractivity contribution in [3.63, 3.8) is 0 Å². The first kappa shape index (κ1) is 29.8. The Kier molecular flexibility index (Phi) is 9.10. The van der Waals surface area contributed by atoms with Gasteiger partial charge in [0.05, 0.1) is 21.3 Å². The zero-order chi connectivity index (χ0) is 30.5. The summed E-state index contributed by atoms with van der Waals surface area (Å²) < 4.78 is 34.0. The van der Waals surface area contributed by atoms with E-state index in [0.717, 1.165) is 18.7 Å². The quantitative estimate of drug-likeness (QED) is 0.157. The molecule has 43 heavy (non-hydrogen) atoms. The van der Waals surface area contributed by atoms with Crippen LogP contribution in [0.3, 0.4) is 0 Å². The number of nitrogens with two attached hydrogens (primary N) is 1. The average Bonchev–Trinajstić information content (AvgIpc) is 3.36. The standard InChI is InChI=1S/C30H26ClF2N7O2S/c1-40(2)13-14-42-24-10-9-19(16-20(24)31)37-30-35-12-11-23(38-30)27-26(39-29(34)43-27)17-5-3-6-18(15-17)36-28(41)25-21(32)7-4-8-22(25)33/h3-12,15-16H,13-14H2,1-2H3,(H2,34,39)(H,36,41)(H,35,37,38). The van der Waals surface area contributed by atoms with Gasteiger partial charge >= 0.3 is 0 Å². The molecule has 0 unspecified atom stereocenters. The highest BCUT2D eigenvalue weighted by Crippen LogP contribution is 2.38. The zero-order valence-corrected chi connectivity index (χ0v) is 24.6. The molecular formula is C30H26ClF2N7O2S. The van der Waals surface area contributed by atoms with Crippen molar-refractivity contribution in [2.75, 3.05) is 43.6 Å². The molecule has 4 N–H and O–H groups in total. The third-order valence-electron chi connectivity index (χ3n) is 6.10. The van der Waals surface area contributed by atoms with E-state index in [1.54, 1.807) is 48.7 Å². The van der Waals surface area contributed by atoms with Crippen molar-refractivity contribution in [3.8, 4) is 27.6 Å². The average molecular weight is 622 g/mol. The molecule has 0 saturated heterocycles. The summed E-state index contributed by atoms with van der Waals surface area (Å²) in [6.07, 6.45) is 1.60. The Morgan fingerprint density at radius 1 is 1.02 bits per heavy atom. The lowest BCUT2D eigenvalue weighted by Gasteiger charge is -2.13. The summed E-state index contributed by atoms with van der Waals surface area (Å²) >= 11 is 7.65. The number of rotatable bonds is 10. The first-order chi connectivity index (χ1) is 20.7. The monoisotopic (exact) mass is 621 g/mol. The molecule has 5 rings (SSSR count). The number of nitrogens with one attached hydrogen (secondary N) is 2. The van der Waals surface area contributed by atoms with E-state index < -0.39 is 23.1 Å². The maximum absolute atomic E-state index is 14.1. The summed E-state index contributed by atoms with van der Waals surface area (Å²) in [5, 5.41) is 6.45. The number of thiazole rings is 1. The van der Waals surface area contributed by atoms with Gasteiger partial charge in [-0.3, -0.25) is 4.79 Å². The fourth-order valence-corrected chi connectivity index (χ4v) is 5.13. The van der Waals surface area contributed by atoms with Gasteiger partial charge in [0.2, 0.25) is 5.95 Å². The van der Waals surface area contributed by atoms with E-state index in [4.69, 9.17) is 22.1 Å². The number of carbonyl (C=O) groups excluding carboxylic acids is 1. The predicted molar refractivity (Wildman–Crippen MR) is 166 cm³/mol. The first-order valence-electron chi connectivity index (χ1n) is 13.0. The number of hydrogen-bond donors (Lipinski definition) is 3. The number of carbonyl (C=O) groups is 1. The lowest BCUT2D eigenvalue weighted by atomic mass is 10.1. The van der Waals surface area contributed by atoms with Crippen LogP contribution >= 0.6 is 22.9 Å². The summed E-state index contributed by atoms with van der Waals surface area (Å²) in [6.45, 7) is 1.26. The Balaban J connectivity index is 1.36. The molecule has 0 bridgehead atoms. The van der Waals surface area contributed by atoms with Crippen LogP contribution in [0.4, 0.5) is 31.2 Å². The largest absolute Gasteiger partial charge is 0.491 e. The van der Waals surface area contributed by atoms with Crippen molar-refractivity contribution in [2.24, 2.45) is 0 Å². The second-order valence-corrected chi connectivity index (χ2v) is 11.0. The van der Waals surface area contributed by atoms with Crippen molar-refractivity contribution in [3.05, 3.63) is 95.1 Å². The van der Waals surface area contributed by atoms with Crippen molar-refractivity contribution in [1.82, 2.24) is 19.9 Å². The number of anilines is 4. The van der Waals surface area contributed by atoms with Crippen molar-refractivity contribution in [2.45, 2.75) is 0 Å². The van der Waals surface area contributed by atoms with Crippen LogP contribution in [0.25, 0.3) is 21.8 Å². The van der Waals surface area contributed by atoms with E-state index in [-0.39, 0.29) is 0 Å².